The van der Waals surface area contributed by atoms with Crippen LogP contribution in [-0.4, -0.2) is 53.5 Å². The van der Waals surface area contributed by atoms with E-state index < -0.39 is 0 Å². The fraction of sp³-hybridized carbons (Fsp3) is 0.429. The number of carbonyl (C=O) groups excluding carboxylic acids is 1. The summed E-state index contributed by atoms with van der Waals surface area (Å²) in [6, 6.07) is 6.91. The number of amides is 1. The highest BCUT2D eigenvalue weighted by Gasteiger charge is 2.22. The van der Waals surface area contributed by atoms with Crippen LogP contribution in [0.15, 0.2) is 18.2 Å². The summed E-state index contributed by atoms with van der Waals surface area (Å²) in [5, 5.41) is 18.0. The van der Waals surface area contributed by atoms with Crippen molar-refractivity contribution >= 4 is 5.91 Å². The summed E-state index contributed by atoms with van der Waals surface area (Å²) in [6.07, 6.45) is 0. The summed E-state index contributed by atoms with van der Waals surface area (Å²) in [4.78, 5) is 16.2. The molecule has 0 unspecified atom stereocenters. The Hall–Kier alpha value is -2.06. The van der Waals surface area contributed by atoms with Crippen LogP contribution < -0.4 is 0 Å². The molecular formula is C14H17N3O2. The zero-order valence-electron chi connectivity index (χ0n) is 11.0. The molecule has 1 N–H and O–H groups in total. The van der Waals surface area contributed by atoms with E-state index in [4.69, 9.17) is 5.26 Å². The third-order valence-corrected chi connectivity index (χ3v) is 3.39. The van der Waals surface area contributed by atoms with Crippen LogP contribution in [0.4, 0.5) is 0 Å². The summed E-state index contributed by atoms with van der Waals surface area (Å²) in [6.45, 7) is 4.98. The van der Waals surface area contributed by atoms with Crippen molar-refractivity contribution in [1.29, 1.82) is 5.26 Å². The molecule has 0 bridgehead atoms. The van der Waals surface area contributed by atoms with Crippen molar-refractivity contribution in [3.8, 4) is 11.8 Å². The maximum Gasteiger partial charge on any atom is 0.254 e. The van der Waals surface area contributed by atoms with Gasteiger partial charge in [-0.2, -0.15) is 5.26 Å². The molecule has 0 saturated carbocycles. The van der Waals surface area contributed by atoms with Crippen LogP contribution in [0.25, 0.3) is 0 Å². The Bertz CT molecular complexity index is 514. The van der Waals surface area contributed by atoms with E-state index in [2.05, 4.69) is 6.07 Å². The summed E-state index contributed by atoms with van der Waals surface area (Å²) in [5.74, 6) is 0.169. The Morgan fingerprint density at radius 3 is 2.63 bits per heavy atom. The molecule has 1 aliphatic heterocycles. The molecule has 1 heterocycles. The lowest BCUT2D eigenvalue weighted by Crippen LogP contribution is -2.48. The number of rotatable bonds is 2. The topological polar surface area (TPSA) is 67.6 Å². The van der Waals surface area contributed by atoms with Gasteiger partial charge in [-0.25, -0.2) is 0 Å². The van der Waals surface area contributed by atoms with Crippen LogP contribution in [0.2, 0.25) is 0 Å². The molecule has 0 aromatic heterocycles. The van der Waals surface area contributed by atoms with Crippen molar-refractivity contribution in [2.45, 2.75) is 6.92 Å². The molecule has 1 saturated heterocycles. The highest BCUT2D eigenvalue weighted by Crippen LogP contribution is 2.18. The number of nitrogens with zero attached hydrogens (tertiary/aromatic N) is 3. The third kappa shape index (κ3) is 3.04. The van der Waals surface area contributed by atoms with E-state index in [1.165, 1.54) is 6.07 Å². The van der Waals surface area contributed by atoms with E-state index in [-0.39, 0.29) is 11.7 Å². The largest absolute Gasteiger partial charge is 0.508 e. The molecular weight excluding hydrogens is 242 g/mol. The number of aromatic hydroxyl groups is 1. The molecule has 1 amide bonds. The average Bonchev–Trinajstić information content (AvgIpc) is 2.39. The standard InChI is InChI=1S/C14H17N3O2/c1-11-10-12(18)2-3-13(11)14(19)17-8-6-16(5-4-15)7-9-17/h2-3,10,18H,5-9H2,1H3. The van der Waals surface area contributed by atoms with Gasteiger partial charge in [0.1, 0.15) is 5.75 Å². The third-order valence-electron chi connectivity index (χ3n) is 3.39. The van der Waals surface area contributed by atoms with E-state index in [9.17, 15) is 9.90 Å². The number of carbonyl (C=O) groups is 1. The molecule has 1 fully saturated rings. The first-order valence-electron chi connectivity index (χ1n) is 6.30. The predicted molar refractivity (Wildman–Crippen MR) is 70.8 cm³/mol. The van der Waals surface area contributed by atoms with Gasteiger partial charge >= 0.3 is 0 Å². The number of phenolic OH excluding ortho intramolecular Hbond substituents is 1. The minimum Gasteiger partial charge on any atom is -0.508 e. The number of benzene rings is 1. The Kier molecular flexibility index (Phi) is 4.03. The van der Waals surface area contributed by atoms with Gasteiger partial charge in [0.2, 0.25) is 0 Å². The van der Waals surface area contributed by atoms with E-state index in [0.717, 1.165) is 18.7 Å². The molecule has 5 heteroatoms. The highest BCUT2D eigenvalue weighted by atomic mass is 16.3. The Labute approximate surface area is 112 Å². The fourth-order valence-corrected chi connectivity index (χ4v) is 2.27. The van der Waals surface area contributed by atoms with Gasteiger partial charge in [0.05, 0.1) is 12.6 Å². The smallest absolute Gasteiger partial charge is 0.254 e. The summed E-state index contributed by atoms with van der Waals surface area (Å²) in [5.41, 5.74) is 1.41. The normalized spacial score (nSPS) is 16.1. The molecule has 0 atom stereocenters. The quantitative estimate of drug-likeness (QED) is 0.804. The van der Waals surface area contributed by atoms with Gasteiger partial charge in [-0.3, -0.25) is 9.69 Å². The van der Waals surface area contributed by atoms with Crippen LogP contribution in [0, 0.1) is 18.3 Å². The minimum atomic E-state index is -0.00546. The van der Waals surface area contributed by atoms with Crippen LogP contribution >= 0.6 is 0 Å². The molecule has 1 aliphatic rings. The summed E-state index contributed by atoms with van der Waals surface area (Å²) < 4.78 is 0. The van der Waals surface area contributed by atoms with Gasteiger partial charge in [0, 0.05) is 31.7 Å². The molecule has 2 rings (SSSR count). The van der Waals surface area contributed by atoms with Gasteiger partial charge < -0.3 is 10.0 Å². The van der Waals surface area contributed by atoms with Gasteiger partial charge in [0.25, 0.3) is 5.91 Å². The lowest BCUT2D eigenvalue weighted by molar-refractivity contribution is 0.0651. The first-order chi connectivity index (χ1) is 9.11. The van der Waals surface area contributed by atoms with Gasteiger partial charge in [0.15, 0.2) is 0 Å². The Morgan fingerprint density at radius 2 is 2.05 bits per heavy atom. The van der Waals surface area contributed by atoms with Gasteiger partial charge in [-0.15, -0.1) is 0 Å². The average molecular weight is 259 g/mol. The number of aryl methyl sites for hydroxylation is 1. The maximum atomic E-state index is 12.4. The summed E-state index contributed by atoms with van der Waals surface area (Å²) >= 11 is 0. The lowest BCUT2D eigenvalue weighted by Gasteiger charge is -2.33. The second kappa shape index (κ2) is 5.72. The number of phenols is 1. The second-order valence-corrected chi connectivity index (χ2v) is 4.73. The minimum absolute atomic E-state index is 0.00546. The van der Waals surface area contributed by atoms with Crippen molar-refractivity contribution in [2.24, 2.45) is 0 Å². The Morgan fingerprint density at radius 1 is 1.37 bits per heavy atom. The second-order valence-electron chi connectivity index (χ2n) is 4.73. The number of hydrogen-bond acceptors (Lipinski definition) is 4. The fourth-order valence-electron chi connectivity index (χ4n) is 2.27. The SMILES string of the molecule is Cc1cc(O)ccc1C(=O)N1CCN(CC#N)CC1. The van der Waals surface area contributed by atoms with Crippen LogP contribution in [-0.2, 0) is 0 Å². The molecule has 1 aromatic rings. The maximum absolute atomic E-state index is 12.4. The molecule has 0 aliphatic carbocycles. The molecule has 100 valence electrons. The lowest BCUT2D eigenvalue weighted by atomic mass is 10.1. The molecule has 0 spiro atoms. The van der Waals surface area contributed by atoms with Crippen LogP contribution in [0.1, 0.15) is 15.9 Å². The molecule has 19 heavy (non-hydrogen) atoms. The molecule has 1 aromatic carbocycles. The van der Waals surface area contributed by atoms with Crippen molar-refractivity contribution in [3.63, 3.8) is 0 Å². The van der Waals surface area contributed by atoms with Crippen molar-refractivity contribution in [1.82, 2.24) is 9.80 Å². The van der Waals surface area contributed by atoms with E-state index in [1.807, 2.05) is 11.8 Å². The zero-order chi connectivity index (χ0) is 13.8. The van der Waals surface area contributed by atoms with Gasteiger partial charge in [-0.05, 0) is 30.7 Å². The molecule has 5 nitrogen and oxygen atoms in total. The monoisotopic (exact) mass is 259 g/mol. The Balaban J connectivity index is 2.03. The predicted octanol–water partition coefficient (Wildman–Crippen LogP) is 0.982. The van der Waals surface area contributed by atoms with Crippen molar-refractivity contribution < 1.29 is 9.90 Å². The number of piperazine rings is 1. The van der Waals surface area contributed by atoms with Crippen LogP contribution in [0.5, 0.6) is 5.75 Å². The summed E-state index contributed by atoms with van der Waals surface area (Å²) in [7, 11) is 0. The number of nitriles is 1. The first-order valence-corrected chi connectivity index (χ1v) is 6.30. The van der Waals surface area contributed by atoms with E-state index in [0.29, 0.717) is 25.2 Å². The zero-order valence-corrected chi connectivity index (χ0v) is 11.0. The van der Waals surface area contributed by atoms with Gasteiger partial charge in [-0.1, -0.05) is 0 Å². The van der Waals surface area contributed by atoms with Crippen molar-refractivity contribution in [3.05, 3.63) is 29.3 Å². The first kappa shape index (κ1) is 13.4. The highest BCUT2D eigenvalue weighted by molar-refractivity contribution is 5.95. The molecule has 0 radical (unpaired) electrons. The van der Waals surface area contributed by atoms with Crippen molar-refractivity contribution in [2.75, 3.05) is 32.7 Å². The van der Waals surface area contributed by atoms with Crippen LogP contribution in [0.3, 0.4) is 0 Å². The number of hydrogen-bond donors (Lipinski definition) is 1. The van der Waals surface area contributed by atoms with E-state index >= 15 is 0 Å². The van der Waals surface area contributed by atoms with E-state index in [1.54, 1.807) is 17.0 Å².